The molecule has 0 fully saturated rings. The molecule has 1 aromatic carbocycles. The summed E-state index contributed by atoms with van der Waals surface area (Å²) >= 11 is 0. The second kappa shape index (κ2) is 4.13. The van der Waals surface area contributed by atoms with E-state index >= 15 is 0 Å². The number of benzene rings is 1. The van der Waals surface area contributed by atoms with Crippen molar-refractivity contribution in [1.82, 2.24) is 9.97 Å². The summed E-state index contributed by atoms with van der Waals surface area (Å²) in [6, 6.07) is 4.42. The Morgan fingerprint density at radius 3 is 2.82 bits per heavy atom. The average molecular weight is 247 g/mol. The minimum Gasteiger partial charge on any atom is -0.240 e. The molecular formula is C11H9N3O2S. The molecule has 0 saturated carbocycles. The molecule has 17 heavy (non-hydrogen) atoms. The van der Waals surface area contributed by atoms with Gasteiger partial charge in [-0.25, -0.2) is 23.5 Å². The molecule has 1 aromatic heterocycles. The van der Waals surface area contributed by atoms with Gasteiger partial charge in [0, 0.05) is 11.6 Å². The molecule has 0 aliphatic rings. The molecule has 2 rings (SSSR count). The number of nitrogens with two attached hydrogens (primary N) is 1. The minimum atomic E-state index is -3.70. The van der Waals surface area contributed by atoms with Crippen LogP contribution in [0.4, 0.5) is 0 Å². The van der Waals surface area contributed by atoms with E-state index in [9.17, 15) is 8.42 Å². The van der Waals surface area contributed by atoms with Gasteiger partial charge in [-0.15, -0.1) is 6.42 Å². The molecule has 0 spiro atoms. The van der Waals surface area contributed by atoms with Crippen LogP contribution >= 0.6 is 0 Å². The third kappa shape index (κ3) is 2.41. The summed E-state index contributed by atoms with van der Waals surface area (Å²) in [5, 5.41) is 5.64. The second-order valence-corrected chi connectivity index (χ2v) is 4.99. The van der Waals surface area contributed by atoms with Crippen molar-refractivity contribution in [2.45, 2.75) is 11.3 Å². The van der Waals surface area contributed by atoms with Gasteiger partial charge < -0.3 is 0 Å². The molecule has 0 radical (unpaired) electrons. The van der Waals surface area contributed by atoms with Crippen LogP contribution < -0.4 is 5.14 Å². The number of primary sulfonamides is 1. The van der Waals surface area contributed by atoms with Crippen LogP contribution in [0.5, 0.6) is 0 Å². The van der Waals surface area contributed by atoms with Gasteiger partial charge in [0.15, 0.2) is 0 Å². The molecule has 0 saturated heterocycles. The van der Waals surface area contributed by atoms with Crippen molar-refractivity contribution in [3.8, 4) is 12.3 Å². The Morgan fingerprint density at radius 1 is 1.41 bits per heavy atom. The van der Waals surface area contributed by atoms with E-state index in [1.54, 1.807) is 6.07 Å². The lowest BCUT2D eigenvalue weighted by molar-refractivity contribution is 0.598. The van der Waals surface area contributed by atoms with E-state index in [1.807, 2.05) is 0 Å². The largest absolute Gasteiger partial charge is 0.240 e. The Hall–Kier alpha value is -1.97. The first-order chi connectivity index (χ1) is 8.00. The normalized spacial score (nSPS) is 11.3. The molecule has 0 amide bonds. The van der Waals surface area contributed by atoms with E-state index in [1.165, 1.54) is 18.3 Å². The Bertz CT molecular complexity index is 717. The summed E-state index contributed by atoms with van der Waals surface area (Å²) in [5.74, 6) is 2.97. The summed E-state index contributed by atoms with van der Waals surface area (Å²) in [5.41, 5.74) is 0.637. The number of hydrogen-bond acceptors (Lipinski definition) is 4. The zero-order valence-electron chi connectivity index (χ0n) is 8.79. The van der Waals surface area contributed by atoms with Gasteiger partial charge in [-0.3, -0.25) is 0 Å². The Labute approximate surface area is 98.7 Å². The van der Waals surface area contributed by atoms with Crippen LogP contribution in [0.25, 0.3) is 10.9 Å². The molecule has 2 N–H and O–H groups in total. The fourth-order valence-corrected chi connectivity index (χ4v) is 1.95. The topological polar surface area (TPSA) is 85.9 Å². The lowest BCUT2D eigenvalue weighted by Gasteiger charge is -2.02. The van der Waals surface area contributed by atoms with Crippen molar-refractivity contribution in [3.63, 3.8) is 0 Å². The maximum Gasteiger partial charge on any atom is 0.238 e. The number of nitrogens with zero attached hydrogens (tertiary/aromatic N) is 2. The smallest absolute Gasteiger partial charge is 0.238 e. The SMILES string of the molecule is C#CCc1ncc2cc(S(N)(=O)=O)ccc2n1. The Morgan fingerprint density at radius 2 is 2.18 bits per heavy atom. The quantitative estimate of drug-likeness (QED) is 0.781. The van der Waals surface area contributed by atoms with E-state index in [2.05, 4.69) is 15.9 Å². The molecule has 0 aliphatic heterocycles. The lowest BCUT2D eigenvalue weighted by atomic mass is 10.2. The molecule has 0 atom stereocenters. The third-order valence-corrected chi connectivity index (χ3v) is 3.10. The Kier molecular flexibility index (Phi) is 2.79. The van der Waals surface area contributed by atoms with Gasteiger partial charge in [0.1, 0.15) is 5.82 Å². The molecule has 0 aliphatic carbocycles. The fraction of sp³-hybridized carbons (Fsp3) is 0.0909. The molecular weight excluding hydrogens is 238 g/mol. The van der Waals surface area contributed by atoms with E-state index in [4.69, 9.17) is 11.6 Å². The zero-order chi connectivity index (χ0) is 12.5. The average Bonchev–Trinajstić information content (AvgIpc) is 2.27. The van der Waals surface area contributed by atoms with Crippen LogP contribution in [-0.4, -0.2) is 18.4 Å². The first-order valence-electron chi connectivity index (χ1n) is 4.72. The number of hydrogen-bond donors (Lipinski definition) is 1. The maximum absolute atomic E-state index is 11.2. The molecule has 5 nitrogen and oxygen atoms in total. The van der Waals surface area contributed by atoms with Crippen LogP contribution in [0.1, 0.15) is 5.82 Å². The maximum atomic E-state index is 11.2. The van der Waals surface area contributed by atoms with Crippen LogP contribution in [0, 0.1) is 12.3 Å². The van der Waals surface area contributed by atoms with Crippen molar-refractivity contribution in [3.05, 3.63) is 30.2 Å². The number of fused-ring (bicyclic) bond motifs is 1. The molecule has 1 heterocycles. The van der Waals surface area contributed by atoms with Crippen LogP contribution in [0.3, 0.4) is 0 Å². The van der Waals surface area contributed by atoms with E-state index in [0.717, 1.165) is 0 Å². The van der Waals surface area contributed by atoms with E-state index in [0.29, 0.717) is 23.1 Å². The molecule has 2 aromatic rings. The monoisotopic (exact) mass is 247 g/mol. The van der Waals surface area contributed by atoms with Gasteiger partial charge in [0.25, 0.3) is 0 Å². The van der Waals surface area contributed by atoms with Crippen molar-refractivity contribution >= 4 is 20.9 Å². The van der Waals surface area contributed by atoms with Crippen LogP contribution in [-0.2, 0) is 16.4 Å². The number of terminal acetylenes is 1. The van der Waals surface area contributed by atoms with E-state index < -0.39 is 10.0 Å². The molecule has 86 valence electrons. The first kappa shape index (κ1) is 11.5. The summed E-state index contributed by atoms with van der Waals surface area (Å²) in [4.78, 5) is 8.27. The number of aromatic nitrogens is 2. The van der Waals surface area contributed by atoms with Crippen LogP contribution in [0.15, 0.2) is 29.3 Å². The predicted octanol–water partition coefficient (Wildman–Crippen LogP) is 0.453. The highest BCUT2D eigenvalue weighted by molar-refractivity contribution is 7.89. The molecule has 0 unspecified atom stereocenters. The predicted molar refractivity (Wildman–Crippen MR) is 63.4 cm³/mol. The van der Waals surface area contributed by atoms with Gasteiger partial charge in [0.2, 0.25) is 10.0 Å². The lowest BCUT2D eigenvalue weighted by Crippen LogP contribution is -2.12. The standard InChI is InChI=1S/C11H9N3O2S/c1-2-3-11-13-7-8-6-9(17(12,15)16)4-5-10(8)14-11/h1,4-7H,3H2,(H2,12,15,16). The van der Waals surface area contributed by atoms with Gasteiger partial charge in [-0.2, -0.15) is 0 Å². The first-order valence-corrected chi connectivity index (χ1v) is 6.27. The number of rotatable bonds is 2. The zero-order valence-corrected chi connectivity index (χ0v) is 9.61. The number of sulfonamides is 1. The Balaban J connectivity index is 2.59. The summed E-state index contributed by atoms with van der Waals surface area (Å²) < 4.78 is 22.3. The van der Waals surface area contributed by atoms with Gasteiger partial charge in [-0.05, 0) is 18.2 Å². The third-order valence-electron chi connectivity index (χ3n) is 2.19. The van der Waals surface area contributed by atoms with Crippen molar-refractivity contribution < 1.29 is 8.42 Å². The van der Waals surface area contributed by atoms with Crippen molar-refractivity contribution in [1.29, 1.82) is 0 Å². The highest BCUT2D eigenvalue weighted by atomic mass is 32.2. The van der Waals surface area contributed by atoms with Gasteiger partial charge in [0.05, 0.1) is 16.8 Å². The summed E-state index contributed by atoms with van der Waals surface area (Å²) in [6.07, 6.45) is 7.03. The second-order valence-electron chi connectivity index (χ2n) is 3.43. The highest BCUT2D eigenvalue weighted by Gasteiger charge is 2.09. The molecule has 0 bridgehead atoms. The van der Waals surface area contributed by atoms with Crippen molar-refractivity contribution in [2.75, 3.05) is 0 Å². The minimum absolute atomic E-state index is 0.0401. The highest BCUT2D eigenvalue weighted by Crippen LogP contribution is 2.16. The van der Waals surface area contributed by atoms with E-state index in [-0.39, 0.29) is 4.90 Å². The van der Waals surface area contributed by atoms with Gasteiger partial charge >= 0.3 is 0 Å². The van der Waals surface area contributed by atoms with Gasteiger partial charge in [-0.1, -0.05) is 5.92 Å². The summed E-state index contributed by atoms with van der Waals surface area (Å²) in [6.45, 7) is 0. The molecule has 6 heteroatoms. The van der Waals surface area contributed by atoms with Crippen molar-refractivity contribution in [2.24, 2.45) is 5.14 Å². The summed E-state index contributed by atoms with van der Waals surface area (Å²) in [7, 11) is -3.70. The van der Waals surface area contributed by atoms with Crippen LogP contribution in [0.2, 0.25) is 0 Å². The fourth-order valence-electron chi connectivity index (χ4n) is 1.40.